The van der Waals surface area contributed by atoms with E-state index < -0.39 is 0 Å². The van der Waals surface area contributed by atoms with Gasteiger partial charge in [-0.25, -0.2) is 0 Å². The molecule has 2 fully saturated rings. The second-order valence-corrected chi connectivity index (χ2v) is 5.05. The van der Waals surface area contributed by atoms with E-state index in [9.17, 15) is 4.79 Å². The molecular weight excluding hydrogens is 190 g/mol. The van der Waals surface area contributed by atoms with Crippen LogP contribution in [0.5, 0.6) is 0 Å². The number of hydrogen-bond donors (Lipinski definition) is 0. The number of ketones is 1. The van der Waals surface area contributed by atoms with E-state index in [1.165, 1.54) is 25.7 Å². The maximum absolute atomic E-state index is 11.5. The zero-order valence-corrected chi connectivity index (χ0v) is 9.58. The molecule has 0 unspecified atom stereocenters. The molecule has 0 spiro atoms. The highest BCUT2D eigenvalue weighted by Gasteiger charge is 2.29. The number of rotatable bonds is 8. The van der Waals surface area contributed by atoms with Crippen molar-refractivity contribution in [3.63, 3.8) is 0 Å². The van der Waals surface area contributed by atoms with Crippen LogP contribution in [0.1, 0.15) is 25.7 Å². The van der Waals surface area contributed by atoms with Crippen molar-refractivity contribution in [2.45, 2.75) is 25.7 Å². The van der Waals surface area contributed by atoms with Gasteiger partial charge in [0.2, 0.25) is 0 Å². The Bertz CT molecular complexity index is 208. The molecule has 3 nitrogen and oxygen atoms in total. The van der Waals surface area contributed by atoms with Crippen LogP contribution < -0.4 is 0 Å². The Morgan fingerprint density at radius 2 is 1.73 bits per heavy atom. The summed E-state index contributed by atoms with van der Waals surface area (Å²) in [4.78, 5) is 13.8. The molecule has 15 heavy (non-hydrogen) atoms. The monoisotopic (exact) mass is 211 g/mol. The molecule has 3 heteroatoms. The van der Waals surface area contributed by atoms with Crippen LogP contribution >= 0.6 is 0 Å². The van der Waals surface area contributed by atoms with E-state index in [4.69, 9.17) is 4.74 Å². The van der Waals surface area contributed by atoms with E-state index in [0.717, 1.165) is 24.9 Å². The number of hydrogen-bond acceptors (Lipinski definition) is 3. The zero-order valence-electron chi connectivity index (χ0n) is 9.58. The summed E-state index contributed by atoms with van der Waals surface area (Å²) in [6.07, 6.45) is 5.44. The van der Waals surface area contributed by atoms with Crippen LogP contribution in [0.2, 0.25) is 0 Å². The molecule has 0 heterocycles. The highest BCUT2D eigenvalue weighted by Crippen LogP contribution is 2.33. The largest absolute Gasteiger partial charge is 0.377 e. The van der Waals surface area contributed by atoms with E-state index in [2.05, 4.69) is 4.90 Å². The number of carbonyl (C=O) groups excluding carboxylic acids is 1. The van der Waals surface area contributed by atoms with Crippen LogP contribution in [0, 0.1) is 11.8 Å². The predicted octanol–water partition coefficient (Wildman–Crippen LogP) is 1.32. The molecule has 0 amide bonds. The highest BCUT2D eigenvalue weighted by molar-refractivity contribution is 5.81. The van der Waals surface area contributed by atoms with Crippen LogP contribution in [0.3, 0.4) is 0 Å². The van der Waals surface area contributed by atoms with Gasteiger partial charge < -0.3 is 4.74 Å². The molecule has 0 atom stereocenters. The van der Waals surface area contributed by atoms with Crippen LogP contribution in [-0.2, 0) is 9.53 Å². The summed E-state index contributed by atoms with van der Waals surface area (Å²) in [7, 11) is 1.59. The minimum atomic E-state index is 0.221. The Morgan fingerprint density at radius 3 is 2.13 bits per heavy atom. The topological polar surface area (TPSA) is 29.5 Å². The third-order valence-electron chi connectivity index (χ3n) is 3.13. The number of nitrogens with zero attached hydrogens (tertiary/aromatic N) is 1. The standard InChI is InChI=1S/C12H21NO2/c1-15-9-12(14)8-13(6-10-2-3-10)7-11-4-5-11/h10-11H,2-9H2,1H3. The second kappa shape index (κ2) is 5.08. The van der Waals surface area contributed by atoms with Crippen LogP contribution in [0.4, 0.5) is 0 Å². The first kappa shape index (κ1) is 11.1. The first-order valence-electron chi connectivity index (χ1n) is 6.01. The smallest absolute Gasteiger partial charge is 0.172 e. The van der Waals surface area contributed by atoms with E-state index in [0.29, 0.717) is 6.54 Å². The number of methoxy groups -OCH3 is 1. The lowest BCUT2D eigenvalue weighted by molar-refractivity contribution is -0.123. The average molecular weight is 211 g/mol. The molecule has 2 rings (SSSR count). The SMILES string of the molecule is COCC(=O)CN(CC1CC1)CC1CC1. The van der Waals surface area contributed by atoms with Gasteiger partial charge in [0.05, 0.1) is 6.54 Å². The van der Waals surface area contributed by atoms with Gasteiger partial charge in [-0.3, -0.25) is 9.69 Å². The van der Waals surface area contributed by atoms with Crippen molar-refractivity contribution < 1.29 is 9.53 Å². The fourth-order valence-corrected chi connectivity index (χ4v) is 1.99. The van der Waals surface area contributed by atoms with E-state index in [-0.39, 0.29) is 12.4 Å². The first-order valence-corrected chi connectivity index (χ1v) is 6.01. The maximum Gasteiger partial charge on any atom is 0.172 e. The normalized spacial score (nSPS) is 20.9. The molecule has 0 aromatic heterocycles. The Kier molecular flexibility index (Phi) is 3.76. The summed E-state index contributed by atoms with van der Waals surface area (Å²) in [5.41, 5.74) is 0. The summed E-state index contributed by atoms with van der Waals surface area (Å²) < 4.78 is 4.87. The van der Waals surface area contributed by atoms with Crippen molar-refractivity contribution >= 4 is 5.78 Å². The van der Waals surface area contributed by atoms with Gasteiger partial charge in [-0.2, -0.15) is 0 Å². The van der Waals surface area contributed by atoms with Gasteiger partial charge in [-0.05, 0) is 37.5 Å². The average Bonchev–Trinajstić information content (AvgIpc) is 2.99. The Morgan fingerprint density at radius 1 is 1.20 bits per heavy atom. The van der Waals surface area contributed by atoms with Gasteiger partial charge in [0, 0.05) is 20.2 Å². The Labute approximate surface area is 91.8 Å². The number of ether oxygens (including phenoxy) is 1. The zero-order chi connectivity index (χ0) is 10.7. The molecule has 0 aliphatic heterocycles. The van der Waals surface area contributed by atoms with E-state index in [1.807, 2.05) is 0 Å². The van der Waals surface area contributed by atoms with Crippen molar-refractivity contribution in [2.24, 2.45) is 11.8 Å². The first-order chi connectivity index (χ1) is 7.28. The lowest BCUT2D eigenvalue weighted by Crippen LogP contribution is -2.34. The van der Waals surface area contributed by atoms with E-state index in [1.54, 1.807) is 7.11 Å². The van der Waals surface area contributed by atoms with Crippen molar-refractivity contribution in [3.8, 4) is 0 Å². The summed E-state index contributed by atoms with van der Waals surface area (Å²) in [5, 5.41) is 0. The predicted molar refractivity (Wildman–Crippen MR) is 58.8 cm³/mol. The van der Waals surface area contributed by atoms with Gasteiger partial charge in [0.25, 0.3) is 0 Å². The molecule has 0 N–H and O–H groups in total. The maximum atomic E-state index is 11.5. The van der Waals surface area contributed by atoms with Crippen molar-refractivity contribution in [3.05, 3.63) is 0 Å². The van der Waals surface area contributed by atoms with E-state index >= 15 is 0 Å². The molecule has 0 radical (unpaired) electrons. The Hall–Kier alpha value is -0.410. The molecule has 0 aromatic carbocycles. The van der Waals surface area contributed by atoms with Crippen LogP contribution in [0.15, 0.2) is 0 Å². The highest BCUT2D eigenvalue weighted by atomic mass is 16.5. The molecule has 0 bridgehead atoms. The van der Waals surface area contributed by atoms with Crippen molar-refractivity contribution in [1.29, 1.82) is 0 Å². The summed E-state index contributed by atoms with van der Waals surface area (Å²) in [6, 6.07) is 0. The molecule has 0 aromatic rings. The minimum Gasteiger partial charge on any atom is -0.377 e. The number of Topliss-reactive ketones (excluding diaryl/α,β-unsaturated/α-hetero) is 1. The minimum absolute atomic E-state index is 0.221. The molecular formula is C12H21NO2. The summed E-state index contributed by atoms with van der Waals surface area (Å²) >= 11 is 0. The third kappa shape index (κ3) is 4.31. The summed E-state index contributed by atoms with van der Waals surface area (Å²) in [5.74, 6) is 1.97. The lowest BCUT2D eigenvalue weighted by atomic mass is 10.3. The van der Waals surface area contributed by atoms with Gasteiger partial charge in [0.1, 0.15) is 6.61 Å². The van der Waals surface area contributed by atoms with Crippen LogP contribution in [-0.4, -0.2) is 44.0 Å². The van der Waals surface area contributed by atoms with Crippen molar-refractivity contribution in [2.75, 3.05) is 33.4 Å². The van der Waals surface area contributed by atoms with Gasteiger partial charge >= 0.3 is 0 Å². The van der Waals surface area contributed by atoms with Gasteiger partial charge in [0.15, 0.2) is 5.78 Å². The second-order valence-electron chi connectivity index (χ2n) is 5.05. The fraction of sp³-hybridized carbons (Fsp3) is 0.917. The quantitative estimate of drug-likeness (QED) is 0.606. The molecule has 86 valence electrons. The third-order valence-corrected chi connectivity index (χ3v) is 3.13. The van der Waals surface area contributed by atoms with Crippen LogP contribution in [0.25, 0.3) is 0 Å². The summed E-state index contributed by atoms with van der Waals surface area (Å²) in [6.45, 7) is 3.13. The van der Waals surface area contributed by atoms with Gasteiger partial charge in [-0.1, -0.05) is 0 Å². The van der Waals surface area contributed by atoms with Gasteiger partial charge in [-0.15, -0.1) is 0 Å². The fourth-order valence-electron chi connectivity index (χ4n) is 1.99. The number of carbonyl (C=O) groups is 1. The van der Waals surface area contributed by atoms with Crippen molar-refractivity contribution in [1.82, 2.24) is 4.90 Å². The lowest BCUT2D eigenvalue weighted by Gasteiger charge is -2.20. The molecule has 0 saturated heterocycles. The Balaban J connectivity index is 1.71. The molecule has 2 saturated carbocycles. The molecule has 2 aliphatic rings. The molecule has 2 aliphatic carbocycles.